The van der Waals surface area contributed by atoms with Gasteiger partial charge < -0.3 is 14.2 Å². The first-order chi connectivity index (χ1) is 13.3. The summed E-state index contributed by atoms with van der Waals surface area (Å²) in [7, 11) is -3.16. The van der Waals surface area contributed by atoms with Gasteiger partial charge >= 0.3 is 0 Å². The van der Waals surface area contributed by atoms with Crippen LogP contribution in [0.25, 0.3) is 0 Å². The van der Waals surface area contributed by atoms with Crippen LogP contribution in [0.5, 0.6) is 0 Å². The third kappa shape index (κ3) is 4.59. The maximum atomic E-state index is 15.2. The molecule has 0 spiro atoms. The van der Waals surface area contributed by atoms with Gasteiger partial charge in [0.2, 0.25) is 0 Å². The van der Waals surface area contributed by atoms with E-state index in [-0.39, 0.29) is 17.1 Å². The summed E-state index contributed by atoms with van der Waals surface area (Å²) in [6.07, 6.45) is -3.49. The predicted molar refractivity (Wildman–Crippen MR) is 100 cm³/mol. The highest BCUT2D eigenvalue weighted by Crippen LogP contribution is 2.41. The average molecular weight is 410 g/mol. The molecule has 0 amide bonds. The lowest BCUT2D eigenvalue weighted by Gasteiger charge is -2.21. The van der Waals surface area contributed by atoms with Crippen LogP contribution in [0.4, 0.5) is 4.39 Å². The zero-order valence-corrected chi connectivity index (χ0v) is 16.4. The van der Waals surface area contributed by atoms with E-state index in [0.29, 0.717) is 6.61 Å². The lowest BCUT2D eigenvalue weighted by atomic mass is 9.92. The Morgan fingerprint density at radius 2 is 1.89 bits per heavy atom. The van der Waals surface area contributed by atoms with Gasteiger partial charge in [0.25, 0.3) is 10.1 Å². The molecule has 1 N–H and O–H groups in total. The molecule has 28 heavy (non-hydrogen) atoms. The van der Waals surface area contributed by atoms with E-state index in [1.54, 1.807) is 6.92 Å². The molecule has 0 aromatic heterocycles. The molecule has 1 aliphatic rings. The van der Waals surface area contributed by atoms with Crippen LogP contribution in [-0.2, 0) is 30.9 Å². The van der Waals surface area contributed by atoms with E-state index in [4.69, 9.17) is 14.2 Å². The molecule has 6 nitrogen and oxygen atoms in total. The lowest BCUT2D eigenvalue weighted by Crippen LogP contribution is -2.27. The Labute approximate surface area is 164 Å². The molecule has 2 aromatic carbocycles. The Morgan fingerprint density at radius 3 is 2.54 bits per heavy atom. The van der Waals surface area contributed by atoms with Gasteiger partial charge in [-0.1, -0.05) is 48.0 Å². The van der Waals surface area contributed by atoms with Gasteiger partial charge in [0.15, 0.2) is 6.29 Å². The van der Waals surface area contributed by atoms with E-state index in [2.05, 4.69) is 0 Å². The standard InChI is InChI=1S/C20H23FO6S/c1-13-8-9-17(28(22,23)24)15(10-13)18-19(21)16(27-20(18)25-2)12-26-11-14-6-4-3-5-7-14/h3-10,16,18-20H,11-12H2,1-2H3,(H,22,23,24). The molecular weight excluding hydrogens is 387 g/mol. The molecule has 3 rings (SSSR count). The molecule has 0 radical (unpaired) electrons. The van der Waals surface area contributed by atoms with Gasteiger partial charge in [-0.2, -0.15) is 8.42 Å². The normalized spacial score (nSPS) is 25.1. The monoisotopic (exact) mass is 410 g/mol. The van der Waals surface area contributed by atoms with Crippen molar-refractivity contribution in [3.05, 3.63) is 65.2 Å². The van der Waals surface area contributed by atoms with Crippen LogP contribution in [0.2, 0.25) is 0 Å². The molecule has 1 fully saturated rings. The van der Waals surface area contributed by atoms with Crippen molar-refractivity contribution >= 4 is 10.1 Å². The molecule has 8 heteroatoms. The second kappa shape index (κ2) is 8.67. The predicted octanol–water partition coefficient (Wildman–Crippen LogP) is 3.25. The summed E-state index contributed by atoms with van der Waals surface area (Å²) >= 11 is 0. The molecule has 0 aliphatic carbocycles. The number of alkyl halides is 1. The number of hydrogen-bond acceptors (Lipinski definition) is 5. The molecule has 0 bridgehead atoms. The molecule has 4 atom stereocenters. The first-order valence-corrected chi connectivity index (χ1v) is 10.3. The SMILES string of the molecule is COC1OC(COCc2ccccc2)C(F)C1c1cc(C)ccc1S(=O)(=O)O. The van der Waals surface area contributed by atoms with Gasteiger partial charge in [0, 0.05) is 7.11 Å². The van der Waals surface area contributed by atoms with Gasteiger partial charge in [0.1, 0.15) is 12.3 Å². The van der Waals surface area contributed by atoms with Crippen molar-refractivity contribution in [2.24, 2.45) is 0 Å². The Bertz CT molecular complexity index is 902. The van der Waals surface area contributed by atoms with Crippen molar-refractivity contribution in [2.75, 3.05) is 13.7 Å². The number of halogens is 1. The molecular formula is C20H23FO6S. The van der Waals surface area contributed by atoms with Gasteiger partial charge in [0.05, 0.1) is 24.0 Å². The summed E-state index contributed by atoms with van der Waals surface area (Å²) in [6, 6.07) is 13.8. The second-order valence-corrected chi connectivity index (χ2v) is 8.16. The van der Waals surface area contributed by atoms with Crippen LogP contribution in [0, 0.1) is 6.92 Å². The summed E-state index contributed by atoms with van der Waals surface area (Å²) in [5, 5.41) is 0. The number of ether oxygens (including phenoxy) is 3. The molecule has 1 aliphatic heterocycles. The van der Waals surface area contributed by atoms with E-state index < -0.39 is 34.6 Å². The van der Waals surface area contributed by atoms with Crippen molar-refractivity contribution in [1.29, 1.82) is 0 Å². The van der Waals surface area contributed by atoms with Crippen LogP contribution >= 0.6 is 0 Å². The number of rotatable bonds is 7. The maximum Gasteiger partial charge on any atom is 0.294 e. The minimum atomic E-state index is -4.52. The van der Waals surface area contributed by atoms with Crippen LogP contribution in [0.1, 0.15) is 22.6 Å². The second-order valence-electron chi connectivity index (χ2n) is 6.77. The highest BCUT2D eigenvalue weighted by atomic mass is 32.2. The molecule has 152 valence electrons. The Kier molecular flexibility index (Phi) is 6.47. The minimum absolute atomic E-state index is 0.0144. The first kappa shape index (κ1) is 20.9. The smallest absolute Gasteiger partial charge is 0.294 e. The molecule has 0 saturated carbocycles. The average Bonchev–Trinajstić information content (AvgIpc) is 2.97. The van der Waals surface area contributed by atoms with Crippen molar-refractivity contribution in [1.82, 2.24) is 0 Å². The number of methoxy groups -OCH3 is 1. The van der Waals surface area contributed by atoms with E-state index in [0.717, 1.165) is 11.1 Å². The zero-order valence-electron chi connectivity index (χ0n) is 15.6. The quantitative estimate of drug-likeness (QED) is 0.706. The largest absolute Gasteiger partial charge is 0.374 e. The summed E-state index contributed by atoms with van der Waals surface area (Å²) < 4.78 is 64.8. The number of aryl methyl sites for hydroxylation is 1. The van der Waals surface area contributed by atoms with Gasteiger partial charge in [-0.05, 0) is 24.1 Å². The van der Waals surface area contributed by atoms with Crippen LogP contribution in [0.15, 0.2) is 53.4 Å². The Hall–Kier alpha value is -1.84. The summed E-state index contributed by atoms with van der Waals surface area (Å²) in [5.41, 5.74) is 1.81. The summed E-state index contributed by atoms with van der Waals surface area (Å²) in [5.74, 6) is -1.01. The fourth-order valence-electron chi connectivity index (χ4n) is 3.40. The van der Waals surface area contributed by atoms with E-state index in [9.17, 15) is 13.0 Å². The third-order valence-electron chi connectivity index (χ3n) is 4.73. The molecule has 1 heterocycles. The van der Waals surface area contributed by atoms with Gasteiger partial charge in [-0.3, -0.25) is 4.55 Å². The van der Waals surface area contributed by atoms with Crippen molar-refractivity contribution in [3.8, 4) is 0 Å². The number of hydrogen-bond donors (Lipinski definition) is 1. The minimum Gasteiger partial charge on any atom is -0.374 e. The van der Waals surface area contributed by atoms with Gasteiger partial charge in [-0.25, -0.2) is 4.39 Å². The summed E-state index contributed by atoms with van der Waals surface area (Å²) in [4.78, 5) is -0.345. The lowest BCUT2D eigenvalue weighted by molar-refractivity contribution is -0.136. The molecule has 4 unspecified atom stereocenters. The van der Waals surface area contributed by atoms with E-state index in [1.807, 2.05) is 30.3 Å². The zero-order chi connectivity index (χ0) is 20.3. The highest BCUT2D eigenvalue weighted by molar-refractivity contribution is 7.85. The fraction of sp³-hybridized carbons (Fsp3) is 0.400. The topological polar surface area (TPSA) is 82.1 Å². The third-order valence-corrected chi connectivity index (χ3v) is 5.66. The van der Waals surface area contributed by atoms with Crippen LogP contribution in [0.3, 0.4) is 0 Å². The van der Waals surface area contributed by atoms with Crippen LogP contribution in [-0.4, -0.2) is 45.3 Å². The first-order valence-electron chi connectivity index (χ1n) is 8.83. The van der Waals surface area contributed by atoms with Crippen molar-refractivity contribution in [3.63, 3.8) is 0 Å². The van der Waals surface area contributed by atoms with E-state index in [1.165, 1.54) is 25.3 Å². The van der Waals surface area contributed by atoms with Crippen molar-refractivity contribution < 1.29 is 31.6 Å². The van der Waals surface area contributed by atoms with E-state index >= 15 is 4.39 Å². The highest BCUT2D eigenvalue weighted by Gasteiger charge is 2.47. The summed E-state index contributed by atoms with van der Waals surface area (Å²) in [6.45, 7) is 2.04. The van der Waals surface area contributed by atoms with Crippen molar-refractivity contribution in [2.45, 2.75) is 42.9 Å². The molecule has 1 saturated heterocycles. The number of benzene rings is 2. The Morgan fingerprint density at radius 1 is 1.18 bits per heavy atom. The molecule has 2 aromatic rings. The van der Waals surface area contributed by atoms with Gasteiger partial charge in [-0.15, -0.1) is 0 Å². The van der Waals surface area contributed by atoms with Crippen LogP contribution < -0.4 is 0 Å². The maximum absolute atomic E-state index is 15.2. The fourth-order valence-corrected chi connectivity index (χ4v) is 4.13. The Balaban J connectivity index is 1.79.